The average molecular weight is 286 g/mol. The number of anilines is 1. The fourth-order valence-corrected chi connectivity index (χ4v) is 3.03. The number of methoxy groups -OCH3 is 1. The van der Waals surface area contributed by atoms with Gasteiger partial charge in [0.15, 0.2) is 0 Å². The van der Waals surface area contributed by atoms with Gasteiger partial charge in [0.25, 0.3) is 0 Å². The van der Waals surface area contributed by atoms with Crippen LogP contribution >= 0.6 is 0 Å². The zero-order valence-electron chi connectivity index (χ0n) is 11.2. The lowest BCUT2D eigenvalue weighted by Gasteiger charge is -2.28. The molecule has 19 heavy (non-hydrogen) atoms. The van der Waals surface area contributed by atoms with Crippen LogP contribution in [0.5, 0.6) is 5.75 Å². The molecule has 0 fully saturated rings. The lowest BCUT2D eigenvalue weighted by atomic mass is 10.2. The molecular weight excluding hydrogens is 268 g/mol. The van der Waals surface area contributed by atoms with E-state index in [1.807, 2.05) is 0 Å². The molecule has 7 heteroatoms. The van der Waals surface area contributed by atoms with Gasteiger partial charge < -0.3 is 10.5 Å². The number of amides is 1. The molecule has 1 rings (SSSR count). The quantitative estimate of drug-likeness (QED) is 0.834. The summed E-state index contributed by atoms with van der Waals surface area (Å²) in [5, 5.41) is 0. The summed E-state index contributed by atoms with van der Waals surface area (Å²) < 4.78 is 29.8. The van der Waals surface area contributed by atoms with Crippen LogP contribution in [0.4, 0.5) is 5.69 Å². The van der Waals surface area contributed by atoms with E-state index >= 15 is 0 Å². The summed E-state index contributed by atoms with van der Waals surface area (Å²) in [6, 6.07) is 5.50. The monoisotopic (exact) mass is 286 g/mol. The van der Waals surface area contributed by atoms with Gasteiger partial charge in [-0.15, -0.1) is 0 Å². The Morgan fingerprint density at radius 1 is 1.37 bits per heavy atom. The Balaban J connectivity index is 3.27. The van der Waals surface area contributed by atoms with Crippen molar-refractivity contribution in [2.75, 3.05) is 17.7 Å². The van der Waals surface area contributed by atoms with E-state index in [1.54, 1.807) is 31.2 Å². The smallest absolute Gasteiger partial charge is 0.241 e. The van der Waals surface area contributed by atoms with Crippen molar-refractivity contribution in [3.05, 3.63) is 24.3 Å². The van der Waals surface area contributed by atoms with E-state index < -0.39 is 22.0 Å². The molecule has 1 aromatic rings. The molecule has 0 bridgehead atoms. The predicted molar refractivity (Wildman–Crippen MR) is 73.6 cm³/mol. The molecule has 0 aliphatic carbocycles. The number of hydrogen-bond acceptors (Lipinski definition) is 4. The number of nitrogens with two attached hydrogens (primary N) is 1. The van der Waals surface area contributed by atoms with Crippen molar-refractivity contribution < 1.29 is 17.9 Å². The average Bonchev–Trinajstić information content (AvgIpc) is 2.34. The number of rotatable bonds is 6. The third kappa shape index (κ3) is 3.60. The van der Waals surface area contributed by atoms with Crippen LogP contribution in [0.25, 0.3) is 0 Å². The van der Waals surface area contributed by atoms with Crippen LogP contribution in [0.2, 0.25) is 0 Å². The summed E-state index contributed by atoms with van der Waals surface area (Å²) in [5.74, 6) is -0.0759. The largest absolute Gasteiger partial charge is 0.497 e. The summed E-state index contributed by atoms with van der Waals surface area (Å²) in [6.45, 7) is 1.71. The number of carbonyl (C=O) groups excluding carboxylic acids is 1. The molecule has 0 aromatic heterocycles. The van der Waals surface area contributed by atoms with Crippen molar-refractivity contribution in [3.63, 3.8) is 0 Å². The fourth-order valence-electron chi connectivity index (χ4n) is 1.81. The number of hydrogen-bond donors (Lipinski definition) is 1. The van der Waals surface area contributed by atoms with Crippen molar-refractivity contribution >= 4 is 21.6 Å². The molecule has 0 heterocycles. The van der Waals surface area contributed by atoms with Gasteiger partial charge >= 0.3 is 0 Å². The van der Waals surface area contributed by atoms with Gasteiger partial charge in [-0.25, -0.2) is 8.42 Å². The molecule has 1 atom stereocenters. The molecule has 0 saturated carbocycles. The van der Waals surface area contributed by atoms with Crippen LogP contribution in [0.1, 0.15) is 13.3 Å². The minimum absolute atomic E-state index is 0.300. The standard InChI is InChI=1S/C12H18N2O4S/c1-4-11(12(13)15)14(19(3,16)17)9-5-7-10(18-2)8-6-9/h5-8,11H,4H2,1-3H3,(H2,13,15)/t11-/m1/s1. The Morgan fingerprint density at radius 3 is 2.21 bits per heavy atom. The lowest BCUT2D eigenvalue weighted by molar-refractivity contribution is -0.119. The molecule has 0 aliphatic heterocycles. The summed E-state index contributed by atoms with van der Waals surface area (Å²) in [7, 11) is -2.09. The van der Waals surface area contributed by atoms with Gasteiger partial charge in [0.1, 0.15) is 11.8 Å². The third-order valence-electron chi connectivity index (χ3n) is 2.68. The van der Waals surface area contributed by atoms with Gasteiger partial charge in [-0.05, 0) is 30.7 Å². The zero-order chi connectivity index (χ0) is 14.6. The summed E-state index contributed by atoms with van der Waals surface area (Å²) >= 11 is 0. The second kappa shape index (κ2) is 5.92. The van der Waals surface area contributed by atoms with Crippen LogP contribution in [0, 0.1) is 0 Å². The fraction of sp³-hybridized carbons (Fsp3) is 0.417. The molecule has 1 aromatic carbocycles. The number of primary amides is 1. The first kappa shape index (κ1) is 15.3. The van der Waals surface area contributed by atoms with Gasteiger partial charge in [-0.2, -0.15) is 0 Å². The number of benzene rings is 1. The molecule has 0 aliphatic rings. The highest BCUT2D eigenvalue weighted by atomic mass is 32.2. The van der Waals surface area contributed by atoms with Gasteiger partial charge in [-0.1, -0.05) is 6.92 Å². The van der Waals surface area contributed by atoms with E-state index in [0.717, 1.165) is 10.6 Å². The summed E-state index contributed by atoms with van der Waals surface area (Å²) in [6.07, 6.45) is 1.34. The highest BCUT2D eigenvalue weighted by Crippen LogP contribution is 2.24. The zero-order valence-corrected chi connectivity index (χ0v) is 12.0. The number of carbonyl (C=O) groups is 1. The van der Waals surface area contributed by atoms with Crippen molar-refractivity contribution in [1.29, 1.82) is 0 Å². The number of ether oxygens (including phenoxy) is 1. The Kier molecular flexibility index (Phi) is 4.77. The number of nitrogens with zero attached hydrogens (tertiary/aromatic N) is 1. The molecule has 0 saturated heterocycles. The van der Waals surface area contributed by atoms with E-state index in [2.05, 4.69) is 0 Å². The topological polar surface area (TPSA) is 89.7 Å². The van der Waals surface area contributed by atoms with Crippen LogP contribution in [0.15, 0.2) is 24.3 Å². The van der Waals surface area contributed by atoms with Crippen molar-refractivity contribution in [3.8, 4) is 5.75 Å². The van der Waals surface area contributed by atoms with Crippen LogP contribution in [-0.4, -0.2) is 33.7 Å². The number of sulfonamides is 1. The minimum atomic E-state index is -3.60. The summed E-state index contributed by atoms with van der Waals surface area (Å²) in [4.78, 5) is 11.4. The van der Waals surface area contributed by atoms with E-state index in [0.29, 0.717) is 17.9 Å². The molecule has 0 radical (unpaired) electrons. The van der Waals surface area contributed by atoms with E-state index in [4.69, 9.17) is 10.5 Å². The Bertz CT molecular complexity index is 539. The molecular formula is C12H18N2O4S. The Labute approximate surface area is 113 Å². The van der Waals surface area contributed by atoms with Crippen LogP contribution in [-0.2, 0) is 14.8 Å². The van der Waals surface area contributed by atoms with Crippen LogP contribution in [0.3, 0.4) is 0 Å². The molecule has 106 valence electrons. The first-order valence-electron chi connectivity index (χ1n) is 5.74. The van der Waals surface area contributed by atoms with Gasteiger partial charge in [0.2, 0.25) is 15.9 Å². The first-order valence-corrected chi connectivity index (χ1v) is 7.58. The predicted octanol–water partition coefficient (Wildman–Crippen LogP) is 0.725. The minimum Gasteiger partial charge on any atom is -0.497 e. The first-order chi connectivity index (χ1) is 8.81. The molecule has 6 nitrogen and oxygen atoms in total. The lowest BCUT2D eigenvalue weighted by Crippen LogP contribution is -2.47. The second-order valence-corrected chi connectivity index (χ2v) is 5.94. The maximum atomic E-state index is 11.9. The van der Waals surface area contributed by atoms with Crippen molar-refractivity contribution in [2.45, 2.75) is 19.4 Å². The normalized spacial score (nSPS) is 12.8. The second-order valence-electron chi connectivity index (χ2n) is 4.08. The molecule has 2 N–H and O–H groups in total. The van der Waals surface area contributed by atoms with Gasteiger partial charge in [0, 0.05) is 0 Å². The third-order valence-corrected chi connectivity index (χ3v) is 3.86. The van der Waals surface area contributed by atoms with Gasteiger partial charge in [0.05, 0.1) is 19.1 Å². The highest BCUT2D eigenvalue weighted by molar-refractivity contribution is 7.92. The van der Waals surface area contributed by atoms with E-state index in [9.17, 15) is 13.2 Å². The summed E-state index contributed by atoms with van der Waals surface area (Å²) in [5.41, 5.74) is 5.65. The maximum absolute atomic E-state index is 11.9. The van der Waals surface area contributed by atoms with E-state index in [1.165, 1.54) is 7.11 Å². The SMILES string of the molecule is CC[C@H](C(N)=O)N(c1ccc(OC)cc1)S(C)(=O)=O. The van der Waals surface area contributed by atoms with E-state index in [-0.39, 0.29) is 0 Å². The van der Waals surface area contributed by atoms with Crippen molar-refractivity contribution in [2.24, 2.45) is 5.73 Å². The van der Waals surface area contributed by atoms with Crippen molar-refractivity contribution in [1.82, 2.24) is 0 Å². The van der Waals surface area contributed by atoms with Gasteiger partial charge in [-0.3, -0.25) is 9.10 Å². The Morgan fingerprint density at radius 2 is 1.89 bits per heavy atom. The molecule has 0 spiro atoms. The highest BCUT2D eigenvalue weighted by Gasteiger charge is 2.29. The maximum Gasteiger partial charge on any atom is 0.241 e. The van der Waals surface area contributed by atoms with Crippen LogP contribution < -0.4 is 14.8 Å². The Hall–Kier alpha value is -1.76. The molecule has 0 unspecified atom stereocenters. The molecule has 1 amide bonds.